The summed E-state index contributed by atoms with van der Waals surface area (Å²) in [5.74, 6) is 0. The molecule has 0 unspecified atom stereocenters. The Morgan fingerprint density at radius 3 is 2.62 bits per heavy atom. The molecular weight excluding hydrogens is 272 g/mol. The fourth-order valence-electron chi connectivity index (χ4n) is 1.17. The summed E-state index contributed by atoms with van der Waals surface area (Å²) in [5, 5.41) is 11.4. The molecule has 0 atom stereocenters. The molecule has 0 saturated carbocycles. The maximum absolute atomic E-state index is 11.5. The van der Waals surface area contributed by atoms with Crippen LogP contribution in [-0.4, -0.2) is 36.2 Å². The second kappa shape index (κ2) is 6.50. The first kappa shape index (κ1) is 13.0. The number of aliphatic hydroxyl groups is 1. The van der Waals surface area contributed by atoms with Crippen molar-refractivity contribution in [1.29, 1.82) is 0 Å². The number of hydrogen-bond donors (Lipinski definition) is 2. The number of hydrogen-bond acceptors (Lipinski definition) is 2. The first-order valence-corrected chi connectivity index (χ1v) is 5.77. The lowest BCUT2D eigenvalue weighted by atomic mass is 10.2. The van der Waals surface area contributed by atoms with Gasteiger partial charge in [0.15, 0.2) is 0 Å². The quantitative estimate of drug-likeness (QED) is 0.883. The lowest BCUT2D eigenvalue weighted by Crippen LogP contribution is -2.38. The largest absolute Gasteiger partial charge is 0.395 e. The minimum atomic E-state index is -0.183. The standard InChI is InChI=1S/C11H15BrN2O2/c1-14(6-7-15)11(16)13-8-9-2-4-10(12)5-3-9/h2-5,15H,6-8H2,1H3,(H,13,16). The van der Waals surface area contributed by atoms with Crippen LogP contribution in [0.25, 0.3) is 0 Å². The van der Waals surface area contributed by atoms with Gasteiger partial charge in [0.2, 0.25) is 0 Å². The first-order valence-electron chi connectivity index (χ1n) is 4.97. The van der Waals surface area contributed by atoms with Gasteiger partial charge >= 0.3 is 6.03 Å². The number of amides is 2. The molecule has 0 aliphatic rings. The highest BCUT2D eigenvalue weighted by atomic mass is 79.9. The van der Waals surface area contributed by atoms with Crippen molar-refractivity contribution in [3.05, 3.63) is 34.3 Å². The highest BCUT2D eigenvalue weighted by molar-refractivity contribution is 9.10. The summed E-state index contributed by atoms with van der Waals surface area (Å²) in [6.45, 7) is 0.802. The Morgan fingerprint density at radius 1 is 1.44 bits per heavy atom. The van der Waals surface area contributed by atoms with Gasteiger partial charge in [0.05, 0.1) is 6.61 Å². The number of likely N-dealkylation sites (N-methyl/N-ethyl adjacent to an activating group) is 1. The number of halogens is 1. The maximum Gasteiger partial charge on any atom is 0.317 e. The minimum absolute atomic E-state index is 0.0256. The van der Waals surface area contributed by atoms with E-state index in [-0.39, 0.29) is 12.6 Å². The van der Waals surface area contributed by atoms with Gasteiger partial charge in [0, 0.05) is 24.6 Å². The molecule has 1 aromatic rings. The van der Waals surface area contributed by atoms with Gasteiger partial charge in [-0.3, -0.25) is 0 Å². The molecule has 0 aromatic heterocycles. The third-order valence-corrected chi connectivity index (χ3v) is 2.67. The number of nitrogens with one attached hydrogen (secondary N) is 1. The maximum atomic E-state index is 11.5. The second-order valence-electron chi connectivity index (χ2n) is 3.43. The summed E-state index contributed by atoms with van der Waals surface area (Å²) in [4.78, 5) is 12.9. The van der Waals surface area contributed by atoms with Crippen LogP contribution in [0.2, 0.25) is 0 Å². The van der Waals surface area contributed by atoms with Crippen molar-refractivity contribution >= 4 is 22.0 Å². The number of urea groups is 1. The molecule has 0 aliphatic carbocycles. The van der Waals surface area contributed by atoms with Crippen molar-refractivity contribution in [3.8, 4) is 0 Å². The van der Waals surface area contributed by atoms with E-state index in [2.05, 4.69) is 21.2 Å². The summed E-state index contributed by atoms with van der Waals surface area (Å²) < 4.78 is 1.01. The van der Waals surface area contributed by atoms with Crippen LogP contribution in [0.5, 0.6) is 0 Å². The summed E-state index contributed by atoms with van der Waals surface area (Å²) >= 11 is 3.35. The first-order chi connectivity index (χ1) is 7.63. The Hall–Kier alpha value is -1.07. The molecule has 1 rings (SSSR count). The summed E-state index contributed by atoms with van der Waals surface area (Å²) in [6.07, 6.45) is 0. The van der Waals surface area contributed by atoms with Crippen molar-refractivity contribution in [1.82, 2.24) is 10.2 Å². The second-order valence-corrected chi connectivity index (χ2v) is 4.35. The van der Waals surface area contributed by atoms with Crippen molar-refractivity contribution in [2.45, 2.75) is 6.54 Å². The zero-order valence-electron chi connectivity index (χ0n) is 9.11. The zero-order valence-corrected chi connectivity index (χ0v) is 10.7. The van der Waals surface area contributed by atoms with Crippen LogP contribution < -0.4 is 5.32 Å². The van der Waals surface area contributed by atoms with E-state index in [4.69, 9.17) is 5.11 Å². The number of nitrogens with zero attached hydrogens (tertiary/aromatic N) is 1. The number of aliphatic hydroxyl groups excluding tert-OH is 1. The predicted octanol–water partition coefficient (Wildman–Crippen LogP) is 1.58. The van der Waals surface area contributed by atoms with Crippen LogP contribution in [-0.2, 0) is 6.54 Å². The van der Waals surface area contributed by atoms with E-state index in [0.717, 1.165) is 10.0 Å². The Labute approximate surface area is 103 Å². The summed E-state index contributed by atoms with van der Waals surface area (Å²) in [6, 6.07) is 7.56. The van der Waals surface area contributed by atoms with Gasteiger partial charge in [-0.05, 0) is 17.7 Å². The molecule has 0 fully saturated rings. The Balaban J connectivity index is 2.39. The molecule has 0 saturated heterocycles. The number of carbonyl (C=O) groups excluding carboxylic acids is 1. The predicted molar refractivity (Wildman–Crippen MR) is 66.1 cm³/mol. The van der Waals surface area contributed by atoms with Crippen LogP contribution in [0, 0.1) is 0 Å². The van der Waals surface area contributed by atoms with E-state index >= 15 is 0 Å². The smallest absolute Gasteiger partial charge is 0.317 e. The number of rotatable bonds is 4. The van der Waals surface area contributed by atoms with Crippen molar-refractivity contribution in [2.24, 2.45) is 0 Å². The molecule has 5 heteroatoms. The fourth-order valence-corrected chi connectivity index (χ4v) is 1.43. The van der Waals surface area contributed by atoms with Crippen molar-refractivity contribution in [3.63, 3.8) is 0 Å². The van der Waals surface area contributed by atoms with E-state index in [1.54, 1.807) is 7.05 Å². The van der Waals surface area contributed by atoms with E-state index in [1.165, 1.54) is 4.90 Å². The molecule has 1 aromatic carbocycles. The van der Waals surface area contributed by atoms with Crippen molar-refractivity contribution in [2.75, 3.05) is 20.2 Å². The Kier molecular flexibility index (Phi) is 5.28. The molecule has 0 aliphatic heterocycles. The van der Waals surface area contributed by atoms with Gasteiger partial charge in [0.25, 0.3) is 0 Å². The number of benzene rings is 1. The van der Waals surface area contributed by atoms with E-state index in [0.29, 0.717) is 13.1 Å². The van der Waals surface area contributed by atoms with Gasteiger partial charge < -0.3 is 15.3 Å². The molecule has 2 N–H and O–H groups in total. The molecule has 0 bridgehead atoms. The summed E-state index contributed by atoms with van der Waals surface area (Å²) in [5.41, 5.74) is 1.04. The highest BCUT2D eigenvalue weighted by Crippen LogP contribution is 2.10. The molecule has 0 radical (unpaired) electrons. The topological polar surface area (TPSA) is 52.6 Å². The lowest BCUT2D eigenvalue weighted by Gasteiger charge is -2.16. The molecule has 2 amide bonds. The molecule has 0 heterocycles. The molecule has 88 valence electrons. The monoisotopic (exact) mass is 286 g/mol. The summed E-state index contributed by atoms with van der Waals surface area (Å²) in [7, 11) is 1.65. The average Bonchev–Trinajstić information content (AvgIpc) is 2.28. The normalized spacial score (nSPS) is 9.94. The average molecular weight is 287 g/mol. The van der Waals surface area contributed by atoms with Gasteiger partial charge in [0.1, 0.15) is 0 Å². The molecule has 0 spiro atoms. The van der Waals surface area contributed by atoms with E-state index in [9.17, 15) is 4.79 Å². The van der Waals surface area contributed by atoms with E-state index < -0.39 is 0 Å². The van der Waals surface area contributed by atoms with Crippen LogP contribution in [0.3, 0.4) is 0 Å². The van der Waals surface area contributed by atoms with Gasteiger partial charge in [-0.25, -0.2) is 4.79 Å². The van der Waals surface area contributed by atoms with Gasteiger partial charge in [-0.15, -0.1) is 0 Å². The lowest BCUT2D eigenvalue weighted by molar-refractivity contribution is 0.190. The highest BCUT2D eigenvalue weighted by Gasteiger charge is 2.06. The van der Waals surface area contributed by atoms with Gasteiger partial charge in [-0.1, -0.05) is 28.1 Å². The van der Waals surface area contributed by atoms with E-state index in [1.807, 2.05) is 24.3 Å². The number of carbonyl (C=O) groups is 1. The zero-order chi connectivity index (χ0) is 12.0. The Morgan fingerprint density at radius 2 is 2.06 bits per heavy atom. The van der Waals surface area contributed by atoms with Crippen LogP contribution in [0.15, 0.2) is 28.7 Å². The van der Waals surface area contributed by atoms with Crippen molar-refractivity contribution < 1.29 is 9.90 Å². The Bertz CT molecular complexity index is 340. The molecular formula is C11H15BrN2O2. The van der Waals surface area contributed by atoms with Crippen LogP contribution in [0.4, 0.5) is 4.79 Å². The molecule has 4 nitrogen and oxygen atoms in total. The third-order valence-electron chi connectivity index (χ3n) is 2.14. The fraction of sp³-hybridized carbons (Fsp3) is 0.364. The van der Waals surface area contributed by atoms with Crippen LogP contribution in [0.1, 0.15) is 5.56 Å². The molecule has 16 heavy (non-hydrogen) atoms. The third kappa shape index (κ3) is 4.20. The van der Waals surface area contributed by atoms with Crippen LogP contribution >= 0.6 is 15.9 Å². The SMILES string of the molecule is CN(CCO)C(=O)NCc1ccc(Br)cc1. The van der Waals surface area contributed by atoms with Gasteiger partial charge in [-0.2, -0.15) is 0 Å². The minimum Gasteiger partial charge on any atom is -0.395 e.